The molecule has 0 saturated carbocycles. The molecule has 3 heterocycles. The van der Waals surface area contributed by atoms with E-state index >= 15 is 0 Å². The van der Waals surface area contributed by atoms with Gasteiger partial charge in [0.1, 0.15) is 0 Å². The number of amides is 1. The molecular weight excluding hydrogens is 324 g/mol. The first-order valence-corrected chi connectivity index (χ1v) is 9.26. The van der Waals surface area contributed by atoms with Gasteiger partial charge >= 0.3 is 0 Å². The van der Waals surface area contributed by atoms with Crippen LogP contribution in [0.2, 0.25) is 0 Å². The molecular formula is C17H20N4O2S. The zero-order chi connectivity index (χ0) is 16.5. The van der Waals surface area contributed by atoms with Crippen molar-refractivity contribution in [1.82, 2.24) is 5.43 Å². The average Bonchev–Trinajstić information content (AvgIpc) is 3.22. The van der Waals surface area contributed by atoms with Crippen molar-refractivity contribution in [2.45, 2.75) is 31.8 Å². The van der Waals surface area contributed by atoms with E-state index in [1.54, 1.807) is 11.8 Å². The van der Waals surface area contributed by atoms with Crippen molar-refractivity contribution in [2.24, 2.45) is 10.1 Å². The van der Waals surface area contributed by atoms with Crippen molar-refractivity contribution in [2.75, 3.05) is 24.2 Å². The lowest BCUT2D eigenvalue weighted by Crippen LogP contribution is -2.26. The van der Waals surface area contributed by atoms with Gasteiger partial charge in [0.25, 0.3) is 0 Å². The molecule has 24 heavy (non-hydrogen) atoms. The molecule has 7 heteroatoms. The van der Waals surface area contributed by atoms with Gasteiger partial charge in [-0.25, -0.2) is 0 Å². The Morgan fingerprint density at radius 2 is 2.38 bits per heavy atom. The number of rotatable bonds is 3. The van der Waals surface area contributed by atoms with Crippen LogP contribution in [0.3, 0.4) is 0 Å². The highest BCUT2D eigenvalue weighted by atomic mass is 32.2. The van der Waals surface area contributed by atoms with Gasteiger partial charge in [0.15, 0.2) is 5.17 Å². The maximum Gasteiger partial charge on any atom is 0.231 e. The second kappa shape index (κ2) is 6.57. The first kappa shape index (κ1) is 15.7. The number of benzene rings is 1. The minimum atomic E-state index is -0.103. The van der Waals surface area contributed by atoms with Crippen molar-refractivity contribution < 1.29 is 9.53 Å². The number of ether oxygens (including phenoxy) is 1. The summed E-state index contributed by atoms with van der Waals surface area (Å²) in [6, 6.07) is 6.03. The van der Waals surface area contributed by atoms with Gasteiger partial charge in [-0.2, -0.15) is 5.10 Å². The van der Waals surface area contributed by atoms with Crippen LogP contribution in [0.1, 0.15) is 36.8 Å². The van der Waals surface area contributed by atoms with Crippen LogP contribution in [0.4, 0.5) is 5.69 Å². The molecule has 0 unspecified atom stereocenters. The van der Waals surface area contributed by atoms with E-state index in [-0.39, 0.29) is 17.9 Å². The Morgan fingerprint density at radius 1 is 1.46 bits per heavy atom. The second-order valence-electron chi connectivity index (χ2n) is 6.25. The summed E-state index contributed by atoms with van der Waals surface area (Å²) in [5.41, 5.74) is 7.02. The third kappa shape index (κ3) is 3.06. The number of hydrogen-bond acceptors (Lipinski definition) is 5. The summed E-state index contributed by atoms with van der Waals surface area (Å²) in [5, 5.41) is 8.21. The summed E-state index contributed by atoms with van der Waals surface area (Å²) in [5.74, 6) is 0.725. The summed E-state index contributed by atoms with van der Waals surface area (Å²) in [7, 11) is 0. The van der Waals surface area contributed by atoms with Crippen LogP contribution in [0.15, 0.2) is 28.3 Å². The zero-order valence-corrected chi connectivity index (χ0v) is 14.4. The summed E-state index contributed by atoms with van der Waals surface area (Å²) in [6.07, 6.45) is 2.48. The summed E-state index contributed by atoms with van der Waals surface area (Å²) in [4.78, 5) is 16.3. The predicted octanol–water partition coefficient (Wildman–Crippen LogP) is 2.32. The Labute approximate surface area is 145 Å². The van der Waals surface area contributed by atoms with Crippen molar-refractivity contribution >= 4 is 34.2 Å². The number of fused-ring (bicyclic) bond motifs is 1. The van der Waals surface area contributed by atoms with Gasteiger partial charge in [0.05, 0.1) is 24.3 Å². The van der Waals surface area contributed by atoms with E-state index in [1.165, 1.54) is 0 Å². The van der Waals surface area contributed by atoms with Crippen LogP contribution in [0.5, 0.6) is 0 Å². The topological polar surface area (TPSA) is 75.1 Å². The van der Waals surface area contributed by atoms with Crippen molar-refractivity contribution in [1.29, 1.82) is 0 Å². The zero-order valence-electron chi connectivity index (χ0n) is 13.5. The Balaban J connectivity index is 1.45. The van der Waals surface area contributed by atoms with Crippen molar-refractivity contribution in [3.05, 3.63) is 29.3 Å². The van der Waals surface area contributed by atoms with Gasteiger partial charge in [0, 0.05) is 18.0 Å². The van der Waals surface area contributed by atoms with Crippen molar-refractivity contribution in [3.63, 3.8) is 0 Å². The number of amidine groups is 1. The molecule has 2 atom stereocenters. The summed E-state index contributed by atoms with van der Waals surface area (Å²) >= 11 is 1.65. The minimum Gasteiger partial charge on any atom is -0.376 e. The summed E-state index contributed by atoms with van der Waals surface area (Å²) in [6.45, 7) is 3.48. The Kier molecular flexibility index (Phi) is 4.28. The largest absolute Gasteiger partial charge is 0.376 e. The van der Waals surface area contributed by atoms with Crippen LogP contribution in [-0.2, 0) is 9.53 Å². The van der Waals surface area contributed by atoms with Gasteiger partial charge in [-0.05, 0) is 43.0 Å². The molecule has 0 aliphatic carbocycles. The maximum atomic E-state index is 11.8. The van der Waals surface area contributed by atoms with E-state index in [0.717, 1.165) is 52.9 Å². The van der Waals surface area contributed by atoms with Crippen LogP contribution >= 0.6 is 11.8 Å². The second-order valence-corrected chi connectivity index (χ2v) is 7.22. The van der Waals surface area contributed by atoms with E-state index in [0.29, 0.717) is 6.54 Å². The highest BCUT2D eigenvalue weighted by Crippen LogP contribution is 2.33. The smallest absolute Gasteiger partial charge is 0.231 e. The third-order valence-electron chi connectivity index (χ3n) is 4.60. The van der Waals surface area contributed by atoms with Crippen molar-refractivity contribution in [3.8, 4) is 0 Å². The Bertz CT molecular complexity index is 725. The Hall–Kier alpha value is -1.86. The van der Waals surface area contributed by atoms with Gasteiger partial charge in [-0.1, -0.05) is 17.8 Å². The number of aliphatic imine (C=N–C) groups is 1. The molecule has 2 N–H and O–H groups in total. The Morgan fingerprint density at radius 3 is 3.12 bits per heavy atom. The number of hydrazone groups is 1. The molecule has 6 nitrogen and oxygen atoms in total. The van der Waals surface area contributed by atoms with E-state index in [9.17, 15) is 4.79 Å². The molecule has 1 aromatic rings. The third-order valence-corrected chi connectivity index (χ3v) is 5.51. The standard InChI is InChI=1S/C17H20N4O2S/c1-10-13-7-11(4-5-14(13)19-16(10)22)15-9-24-17(21-20-15)18-8-12-3-2-6-23-12/h4-5,7,10,12H,2-3,6,8-9H2,1H3,(H,18,21)(H,19,22)/t10-,12-/m0/s1. The van der Waals surface area contributed by atoms with Gasteiger partial charge in [0.2, 0.25) is 5.91 Å². The fourth-order valence-electron chi connectivity index (χ4n) is 3.12. The molecule has 0 radical (unpaired) electrons. The number of anilines is 1. The highest BCUT2D eigenvalue weighted by Gasteiger charge is 2.27. The van der Waals surface area contributed by atoms with Gasteiger partial charge in [-0.3, -0.25) is 15.2 Å². The fraction of sp³-hybridized carbons (Fsp3) is 0.471. The number of hydrogen-bond donors (Lipinski definition) is 2. The molecule has 0 bridgehead atoms. The number of thioether (sulfide) groups is 1. The van der Waals surface area contributed by atoms with Crippen LogP contribution in [-0.4, -0.2) is 41.8 Å². The fourth-order valence-corrected chi connectivity index (χ4v) is 3.90. The average molecular weight is 344 g/mol. The number of nitrogens with one attached hydrogen (secondary N) is 2. The van der Waals surface area contributed by atoms with Gasteiger partial charge in [-0.15, -0.1) is 0 Å². The van der Waals surface area contributed by atoms with E-state index in [1.807, 2.05) is 19.1 Å². The maximum absolute atomic E-state index is 11.8. The molecule has 126 valence electrons. The normalized spacial score (nSPS) is 27.6. The molecule has 1 saturated heterocycles. The molecule has 3 aliphatic heterocycles. The number of carbonyl (C=O) groups excluding carboxylic acids is 1. The molecule has 3 aliphatic rings. The lowest BCUT2D eigenvalue weighted by Gasteiger charge is -2.16. The molecule has 0 aromatic heterocycles. The molecule has 1 aromatic carbocycles. The van der Waals surface area contributed by atoms with Gasteiger partial charge < -0.3 is 10.1 Å². The van der Waals surface area contributed by atoms with Crippen LogP contribution in [0.25, 0.3) is 0 Å². The molecule has 4 rings (SSSR count). The lowest BCUT2D eigenvalue weighted by molar-refractivity contribution is -0.116. The molecule has 0 spiro atoms. The number of carbonyl (C=O) groups is 1. The predicted molar refractivity (Wildman–Crippen MR) is 96.9 cm³/mol. The minimum absolute atomic E-state index is 0.0591. The first-order valence-electron chi connectivity index (χ1n) is 8.27. The van der Waals surface area contributed by atoms with E-state index in [4.69, 9.17) is 4.74 Å². The van der Waals surface area contributed by atoms with E-state index in [2.05, 4.69) is 26.9 Å². The highest BCUT2D eigenvalue weighted by molar-refractivity contribution is 8.14. The lowest BCUT2D eigenvalue weighted by atomic mass is 9.99. The SMILES string of the molecule is C[C@@H]1C(=O)Nc2ccc(C3=NNC(=NC[C@@H]4CCCO4)SC3)cc21. The first-order chi connectivity index (χ1) is 11.7. The van der Waals surface area contributed by atoms with Crippen LogP contribution < -0.4 is 10.7 Å². The monoisotopic (exact) mass is 344 g/mol. The van der Waals surface area contributed by atoms with Crippen LogP contribution in [0, 0.1) is 0 Å². The quantitative estimate of drug-likeness (QED) is 0.882. The van der Waals surface area contributed by atoms with E-state index < -0.39 is 0 Å². The summed E-state index contributed by atoms with van der Waals surface area (Å²) < 4.78 is 5.58. The number of nitrogens with zero attached hydrogens (tertiary/aromatic N) is 2. The molecule has 1 amide bonds. The molecule has 1 fully saturated rings.